The van der Waals surface area contributed by atoms with Gasteiger partial charge in [0, 0.05) is 0 Å². The molecule has 0 radical (unpaired) electrons. The third-order valence-corrected chi connectivity index (χ3v) is 2.34. The van der Waals surface area contributed by atoms with E-state index in [1.807, 2.05) is 6.92 Å². The predicted octanol–water partition coefficient (Wildman–Crippen LogP) is 2.49. The second-order valence-electron chi connectivity index (χ2n) is 3.59. The summed E-state index contributed by atoms with van der Waals surface area (Å²) in [4.78, 5) is 0. The van der Waals surface area contributed by atoms with Crippen LogP contribution in [0.2, 0.25) is 0 Å². The van der Waals surface area contributed by atoms with Gasteiger partial charge in [0.1, 0.15) is 0 Å². The van der Waals surface area contributed by atoms with Crippen molar-refractivity contribution < 1.29 is 8.78 Å². The SMILES string of the molecule is CC(CN)CCc1cccc(F)c1F. The van der Waals surface area contributed by atoms with Gasteiger partial charge in [-0.05, 0) is 36.9 Å². The molecule has 1 unspecified atom stereocenters. The van der Waals surface area contributed by atoms with Gasteiger partial charge >= 0.3 is 0 Å². The van der Waals surface area contributed by atoms with Gasteiger partial charge in [0.05, 0.1) is 0 Å². The molecule has 1 nitrogen and oxygen atoms in total. The summed E-state index contributed by atoms with van der Waals surface area (Å²) in [5.41, 5.74) is 5.87. The van der Waals surface area contributed by atoms with E-state index in [0.717, 1.165) is 12.5 Å². The zero-order valence-electron chi connectivity index (χ0n) is 8.26. The van der Waals surface area contributed by atoms with Crippen molar-refractivity contribution in [3.05, 3.63) is 35.4 Å². The Hall–Kier alpha value is -0.960. The number of hydrogen-bond donors (Lipinski definition) is 1. The number of rotatable bonds is 4. The van der Waals surface area contributed by atoms with Gasteiger partial charge in [-0.25, -0.2) is 8.78 Å². The molecule has 1 atom stereocenters. The van der Waals surface area contributed by atoms with E-state index in [-0.39, 0.29) is 0 Å². The van der Waals surface area contributed by atoms with E-state index in [9.17, 15) is 8.78 Å². The van der Waals surface area contributed by atoms with E-state index >= 15 is 0 Å². The fourth-order valence-corrected chi connectivity index (χ4v) is 1.26. The van der Waals surface area contributed by atoms with Crippen LogP contribution in [0.1, 0.15) is 18.9 Å². The molecule has 0 amide bonds. The van der Waals surface area contributed by atoms with Crippen LogP contribution in [0, 0.1) is 17.6 Å². The van der Waals surface area contributed by atoms with Crippen LogP contribution in [0.3, 0.4) is 0 Å². The highest BCUT2D eigenvalue weighted by molar-refractivity contribution is 5.18. The Morgan fingerprint density at radius 1 is 1.36 bits per heavy atom. The standard InChI is InChI=1S/C11H15F2N/c1-8(7-14)5-6-9-3-2-4-10(12)11(9)13/h2-4,8H,5-7,14H2,1H3. The lowest BCUT2D eigenvalue weighted by Crippen LogP contribution is -2.11. The fraction of sp³-hybridized carbons (Fsp3) is 0.455. The summed E-state index contributed by atoms with van der Waals surface area (Å²) in [6.45, 7) is 2.58. The largest absolute Gasteiger partial charge is 0.330 e. The van der Waals surface area contributed by atoms with Crippen molar-refractivity contribution >= 4 is 0 Å². The molecule has 0 aliphatic carbocycles. The highest BCUT2D eigenvalue weighted by Crippen LogP contribution is 2.15. The average molecular weight is 199 g/mol. The summed E-state index contributed by atoms with van der Waals surface area (Å²) in [5, 5.41) is 0. The molecule has 14 heavy (non-hydrogen) atoms. The van der Waals surface area contributed by atoms with Gasteiger partial charge in [0.25, 0.3) is 0 Å². The second kappa shape index (κ2) is 5.05. The third-order valence-electron chi connectivity index (χ3n) is 2.34. The van der Waals surface area contributed by atoms with Crippen molar-refractivity contribution in [1.29, 1.82) is 0 Å². The molecule has 0 bridgehead atoms. The minimum Gasteiger partial charge on any atom is -0.330 e. The molecule has 0 aliphatic heterocycles. The summed E-state index contributed by atoms with van der Waals surface area (Å²) in [6, 6.07) is 4.27. The Morgan fingerprint density at radius 3 is 2.71 bits per heavy atom. The fourth-order valence-electron chi connectivity index (χ4n) is 1.26. The topological polar surface area (TPSA) is 26.0 Å². The Labute approximate surface area is 82.9 Å². The highest BCUT2D eigenvalue weighted by Gasteiger charge is 2.08. The van der Waals surface area contributed by atoms with Gasteiger partial charge < -0.3 is 5.73 Å². The lowest BCUT2D eigenvalue weighted by atomic mass is 10.0. The molecule has 78 valence electrons. The summed E-state index contributed by atoms with van der Waals surface area (Å²) in [7, 11) is 0. The number of nitrogens with two attached hydrogens (primary N) is 1. The normalized spacial score (nSPS) is 12.9. The number of halogens is 2. The molecular formula is C11H15F2N. The molecular weight excluding hydrogens is 184 g/mol. The zero-order valence-corrected chi connectivity index (χ0v) is 8.26. The van der Waals surface area contributed by atoms with Crippen molar-refractivity contribution in [3.63, 3.8) is 0 Å². The van der Waals surface area contributed by atoms with Crippen LogP contribution in [0.5, 0.6) is 0 Å². The smallest absolute Gasteiger partial charge is 0.162 e. The van der Waals surface area contributed by atoms with Crippen molar-refractivity contribution in [1.82, 2.24) is 0 Å². The van der Waals surface area contributed by atoms with E-state index in [4.69, 9.17) is 5.73 Å². The van der Waals surface area contributed by atoms with Gasteiger partial charge in [-0.3, -0.25) is 0 Å². The van der Waals surface area contributed by atoms with Crippen LogP contribution in [0.25, 0.3) is 0 Å². The Kier molecular flexibility index (Phi) is 4.01. The minimum absolute atomic E-state index is 0.345. The number of hydrogen-bond acceptors (Lipinski definition) is 1. The first-order valence-corrected chi connectivity index (χ1v) is 4.78. The van der Waals surface area contributed by atoms with E-state index in [1.54, 1.807) is 6.07 Å². The van der Waals surface area contributed by atoms with Crippen LogP contribution in [0.15, 0.2) is 18.2 Å². The van der Waals surface area contributed by atoms with Crippen LogP contribution in [0.4, 0.5) is 8.78 Å². The lowest BCUT2D eigenvalue weighted by molar-refractivity contribution is 0.485. The molecule has 1 rings (SSSR count). The first-order chi connectivity index (χ1) is 6.65. The van der Waals surface area contributed by atoms with Crippen LogP contribution in [-0.4, -0.2) is 6.54 Å². The molecule has 0 fully saturated rings. The van der Waals surface area contributed by atoms with Gasteiger partial charge in [-0.1, -0.05) is 19.1 Å². The molecule has 0 aromatic heterocycles. The predicted molar refractivity (Wildman–Crippen MR) is 52.9 cm³/mol. The summed E-state index contributed by atoms with van der Waals surface area (Å²) >= 11 is 0. The molecule has 0 spiro atoms. The quantitative estimate of drug-likeness (QED) is 0.792. The lowest BCUT2D eigenvalue weighted by Gasteiger charge is -2.08. The molecule has 1 aromatic rings. The summed E-state index contributed by atoms with van der Waals surface area (Å²) in [5.74, 6) is -1.16. The van der Waals surface area contributed by atoms with E-state index in [0.29, 0.717) is 24.4 Å². The van der Waals surface area contributed by atoms with Crippen LogP contribution in [-0.2, 0) is 6.42 Å². The summed E-state index contributed by atoms with van der Waals surface area (Å²) < 4.78 is 25.9. The Bertz CT molecular complexity index is 299. The molecule has 3 heteroatoms. The van der Waals surface area contributed by atoms with Gasteiger partial charge in [0.15, 0.2) is 11.6 Å². The highest BCUT2D eigenvalue weighted by atomic mass is 19.2. The third kappa shape index (κ3) is 2.77. The first-order valence-electron chi connectivity index (χ1n) is 4.78. The second-order valence-corrected chi connectivity index (χ2v) is 3.59. The molecule has 1 aromatic carbocycles. The van der Waals surface area contributed by atoms with E-state index in [2.05, 4.69) is 0 Å². The van der Waals surface area contributed by atoms with Crippen molar-refractivity contribution in [2.45, 2.75) is 19.8 Å². The Balaban J connectivity index is 2.63. The van der Waals surface area contributed by atoms with Crippen LogP contribution < -0.4 is 5.73 Å². The van der Waals surface area contributed by atoms with Crippen molar-refractivity contribution in [3.8, 4) is 0 Å². The van der Waals surface area contributed by atoms with Gasteiger partial charge in [-0.2, -0.15) is 0 Å². The van der Waals surface area contributed by atoms with Crippen molar-refractivity contribution in [2.24, 2.45) is 11.7 Å². The maximum absolute atomic E-state index is 13.1. The molecule has 0 saturated carbocycles. The zero-order chi connectivity index (χ0) is 10.6. The maximum atomic E-state index is 13.1. The monoisotopic (exact) mass is 199 g/mol. The molecule has 0 saturated heterocycles. The molecule has 0 aliphatic rings. The van der Waals surface area contributed by atoms with Crippen LogP contribution >= 0.6 is 0 Å². The minimum atomic E-state index is -0.775. The number of benzene rings is 1. The summed E-state index contributed by atoms with van der Waals surface area (Å²) in [6.07, 6.45) is 1.33. The van der Waals surface area contributed by atoms with E-state index < -0.39 is 11.6 Å². The van der Waals surface area contributed by atoms with Gasteiger partial charge in [0.2, 0.25) is 0 Å². The van der Waals surface area contributed by atoms with Gasteiger partial charge in [-0.15, -0.1) is 0 Å². The molecule has 0 heterocycles. The van der Waals surface area contributed by atoms with Crippen molar-refractivity contribution in [2.75, 3.05) is 6.54 Å². The molecule has 2 N–H and O–H groups in total. The maximum Gasteiger partial charge on any atom is 0.162 e. The average Bonchev–Trinajstić information content (AvgIpc) is 2.20. The Morgan fingerprint density at radius 2 is 2.07 bits per heavy atom. The number of aryl methyl sites for hydroxylation is 1. The van der Waals surface area contributed by atoms with E-state index in [1.165, 1.54) is 6.07 Å². The first kappa shape index (κ1) is 11.1.